The molecule has 0 fully saturated rings. The summed E-state index contributed by atoms with van der Waals surface area (Å²) in [5.41, 5.74) is 12.3. The van der Waals surface area contributed by atoms with Crippen LogP contribution in [0.15, 0.2) is 40.2 Å². The molecule has 0 radical (unpaired) electrons. The maximum Gasteiger partial charge on any atom is 0.326 e. The number of guanidine groups is 1. The Morgan fingerprint density at radius 2 is 1.66 bits per heavy atom. The first kappa shape index (κ1) is 35.3. The van der Waals surface area contributed by atoms with E-state index in [0.29, 0.717) is 12.8 Å². The van der Waals surface area contributed by atoms with Crippen molar-refractivity contribution in [1.82, 2.24) is 9.62 Å². The normalized spacial score (nSPS) is 12.1. The number of fused-ring (bicyclic) bond motifs is 1. The van der Waals surface area contributed by atoms with Crippen LogP contribution < -0.4 is 16.2 Å². The van der Waals surface area contributed by atoms with E-state index in [-0.39, 0.29) is 36.9 Å². The number of hydrogen-bond donors (Lipinski definition) is 3. The predicted octanol–water partition coefficient (Wildman–Crippen LogP) is 3.16. The van der Waals surface area contributed by atoms with Crippen molar-refractivity contribution in [3.05, 3.63) is 41.5 Å². The van der Waals surface area contributed by atoms with Gasteiger partial charge in [-0.2, -0.15) is 4.72 Å². The van der Waals surface area contributed by atoms with Crippen LogP contribution in [-0.4, -0.2) is 62.4 Å². The topological polar surface area (TPSA) is 205 Å². The lowest BCUT2D eigenvalue weighted by atomic mass is 10.0. The summed E-state index contributed by atoms with van der Waals surface area (Å²) < 4.78 is 35.0. The lowest BCUT2D eigenvalue weighted by Crippen LogP contribution is -2.50. The molecule has 2 aromatic carbocycles. The molecule has 0 heterocycles. The number of benzene rings is 2. The highest BCUT2D eigenvalue weighted by Gasteiger charge is 2.31. The molecule has 2 rings (SSSR count). The number of aryl methyl sites for hydroxylation is 2. The van der Waals surface area contributed by atoms with Crippen LogP contribution in [0.3, 0.4) is 0 Å². The second-order valence-electron chi connectivity index (χ2n) is 10.8. The van der Waals surface area contributed by atoms with Crippen molar-refractivity contribution in [1.29, 1.82) is 10.8 Å². The molecule has 0 saturated heterocycles. The van der Waals surface area contributed by atoms with E-state index < -0.39 is 33.5 Å². The van der Waals surface area contributed by atoms with Crippen LogP contribution in [-0.2, 0) is 24.3 Å². The van der Waals surface area contributed by atoms with Crippen LogP contribution in [0.25, 0.3) is 10.8 Å². The first-order chi connectivity index (χ1) is 19.1. The molecule has 13 heteroatoms. The number of nitrogens with zero attached hydrogens (tertiary/aromatic N) is 4. The molecule has 0 aliphatic heterocycles. The van der Waals surface area contributed by atoms with Crippen molar-refractivity contribution in [3.63, 3.8) is 0 Å². The third kappa shape index (κ3) is 11.7. The Bertz CT molecular complexity index is 1350. The Morgan fingerprint density at radius 1 is 1.05 bits per heavy atom. The van der Waals surface area contributed by atoms with Gasteiger partial charge in [0.1, 0.15) is 18.2 Å². The van der Waals surface area contributed by atoms with Crippen LogP contribution in [0.4, 0.5) is 0 Å². The molecule has 226 valence electrons. The van der Waals surface area contributed by atoms with Gasteiger partial charge in [0.05, 0.1) is 4.90 Å². The minimum Gasteiger partial charge on any atom is -0.459 e. The van der Waals surface area contributed by atoms with Gasteiger partial charge in [-0.15, -0.1) is 0 Å². The highest BCUT2D eigenvalue weighted by molar-refractivity contribution is 7.89. The lowest BCUT2D eigenvalue weighted by molar-refractivity contribution is -0.159. The Hall–Kier alpha value is -3.76. The van der Waals surface area contributed by atoms with Gasteiger partial charge in [-0.05, 0) is 87.9 Å². The van der Waals surface area contributed by atoms with Crippen LogP contribution in [0, 0.1) is 24.6 Å². The van der Waals surface area contributed by atoms with E-state index in [4.69, 9.17) is 27.0 Å². The van der Waals surface area contributed by atoms with Gasteiger partial charge in [-0.3, -0.25) is 14.6 Å². The molecule has 0 unspecified atom stereocenters. The minimum absolute atomic E-state index is 0.0486. The summed E-state index contributed by atoms with van der Waals surface area (Å²) in [6, 6.07) is 7.69. The minimum atomic E-state index is -4.08. The molecule has 0 bridgehead atoms. The van der Waals surface area contributed by atoms with Crippen molar-refractivity contribution in [2.24, 2.45) is 16.5 Å². The van der Waals surface area contributed by atoms with Crippen LogP contribution >= 0.6 is 0 Å². The number of nitrogens with one attached hydrogen (secondary N) is 1. The Morgan fingerprint density at radius 3 is 2.22 bits per heavy atom. The fourth-order valence-electron chi connectivity index (χ4n) is 4.03. The van der Waals surface area contributed by atoms with Gasteiger partial charge in [-0.25, -0.2) is 8.42 Å². The largest absolute Gasteiger partial charge is 0.459 e. The molecule has 5 N–H and O–H groups in total. The van der Waals surface area contributed by atoms with Crippen LogP contribution in [0.2, 0.25) is 0 Å². The summed E-state index contributed by atoms with van der Waals surface area (Å²) in [4.78, 5) is 31.6. The van der Waals surface area contributed by atoms with E-state index in [1.54, 1.807) is 32.9 Å². The maximum absolute atomic E-state index is 13.7. The van der Waals surface area contributed by atoms with E-state index in [1.807, 2.05) is 32.9 Å². The summed E-state index contributed by atoms with van der Waals surface area (Å²) >= 11 is 0. The number of sulfonamides is 1. The van der Waals surface area contributed by atoms with Gasteiger partial charge in [-0.1, -0.05) is 31.5 Å². The Kier molecular flexibility index (Phi) is 13.7. The van der Waals surface area contributed by atoms with E-state index >= 15 is 0 Å². The molecule has 0 aliphatic carbocycles. The average Bonchev–Trinajstić information content (AvgIpc) is 2.88. The summed E-state index contributed by atoms with van der Waals surface area (Å²) in [6.07, 6.45) is 1.92. The number of carbonyl (C=O) groups excluding carboxylic acids is 2. The summed E-state index contributed by atoms with van der Waals surface area (Å²) in [6.45, 7) is 11.4. The molecule has 0 saturated carbocycles. The molecular weight excluding hydrogens is 546 g/mol. The summed E-state index contributed by atoms with van der Waals surface area (Å²) in [7, 11) is -4.08. The SMILES string of the molecule is CCCCN(CC(=O)OC(C)(C)C)C(=O)[C@H](CCCN=C(N)N)NS(=O)(=O)c1ccc2cc(C)c(C)cc2c1.N#N. The van der Waals surface area contributed by atoms with Crippen molar-refractivity contribution >= 4 is 38.6 Å². The zero-order valence-corrected chi connectivity index (χ0v) is 25.6. The first-order valence-corrected chi connectivity index (χ1v) is 14.9. The summed E-state index contributed by atoms with van der Waals surface area (Å²) in [5.74, 6) is -1.15. The number of nitrogens with two attached hydrogens (primary N) is 2. The Balaban J connectivity index is 0.00000411. The van der Waals surface area contributed by atoms with Gasteiger partial charge in [0.15, 0.2) is 5.96 Å². The van der Waals surface area contributed by atoms with Gasteiger partial charge in [0, 0.05) is 23.9 Å². The van der Waals surface area contributed by atoms with Gasteiger partial charge in [0.25, 0.3) is 0 Å². The quantitative estimate of drug-likeness (QED) is 0.103. The van der Waals surface area contributed by atoms with E-state index in [0.717, 1.165) is 28.3 Å². The molecule has 0 spiro atoms. The molecule has 1 amide bonds. The van der Waals surface area contributed by atoms with Crippen molar-refractivity contribution in [2.45, 2.75) is 83.8 Å². The smallest absolute Gasteiger partial charge is 0.326 e. The van der Waals surface area contributed by atoms with E-state index in [2.05, 4.69) is 9.71 Å². The zero-order valence-electron chi connectivity index (χ0n) is 24.8. The monoisotopic (exact) mass is 589 g/mol. The zero-order chi connectivity index (χ0) is 31.4. The number of carbonyl (C=O) groups is 2. The number of rotatable bonds is 13. The van der Waals surface area contributed by atoms with Crippen molar-refractivity contribution in [2.75, 3.05) is 19.6 Å². The first-order valence-electron chi connectivity index (χ1n) is 13.4. The highest BCUT2D eigenvalue weighted by atomic mass is 32.2. The van der Waals surface area contributed by atoms with E-state index in [1.165, 1.54) is 11.0 Å². The number of esters is 1. The molecule has 0 aromatic heterocycles. The van der Waals surface area contributed by atoms with Crippen LogP contribution in [0.5, 0.6) is 0 Å². The predicted molar refractivity (Wildman–Crippen MR) is 158 cm³/mol. The molecule has 2 aromatic rings. The molecule has 1 atom stereocenters. The number of aliphatic imine (C=N–C) groups is 1. The third-order valence-electron chi connectivity index (χ3n) is 6.11. The maximum atomic E-state index is 13.7. The number of amides is 1. The van der Waals surface area contributed by atoms with Crippen LogP contribution in [0.1, 0.15) is 64.5 Å². The van der Waals surface area contributed by atoms with Gasteiger partial charge < -0.3 is 21.1 Å². The fraction of sp³-hybridized carbons (Fsp3) is 0.536. The van der Waals surface area contributed by atoms with Crippen molar-refractivity contribution < 1.29 is 22.7 Å². The number of hydrogen-bond acceptors (Lipinski definition) is 8. The van der Waals surface area contributed by atoms with E-state index in [9.17, 15) is 18.0 Å². The number of unbranched alkanes of at least 4 members (excludes halogenated alkanes) is 1. The van der Waals surface area contributed by atoms with Gasteiger partial charge in [0.2, 0.25) is 15.9 Å². The average molecular weight is 590 g/mol. The highest BCUT2D eigenvalue weighted by Crippen LogP contribution is 2.23. The number of ether oxygens (including phenoxy) is 1. The third-order valence-corrected chi connectivity index (χ3v) is 7.58. The molecule has 41 heavy (non-hydrogen) atoms. The molecule has 0 aliphatic rings. The Labute approximate surface area is 243 Å². The van der Waals surface area contributed by atoms with Gasteiger partial charge >= 0.3 is 5.97 Å². The molecule has 12 nitrogen and oxygen atoms in total. The second-order valence-corrected chi connectivity index (χ2v) is 12.5. The van der Waals surface area contributed by atoms with Crippen molar-refractivity contribution in [3.8, 4) is 0 Å². The fourth-order valence-corrected chi connectivity index (χ4v) is 5.29. The molecular formula is C28H43N7O5S. The lowest BCUT2D eigenvalue weighted by Gasteiger charge is -2.28. The summed E-state index contributed by atoms with van der Waals surface area (Å²) in [5, 5.41) is 13.7. The second kappa shape index (κ2) is 15.9. The standard InChI is InChI=1S/C28H43N5O5S.N2/c1-7-8-14-33(18-25(34)38-28(4,5)6)26(35)24(10-9-13-31-27(29)30)32-39(36,37)23-12-11-21-15-19(2)20(3)16-22(21)17-23;1-2/h11-12,15-17,24,32H,7-10,13-14,18H2,1-6H3,(H4,29,30,31);/t24-;/m0./s1.